The molecule has 0 saturated carbocycles. The molecule has 146 valence electrons. The van der Waals surface area contributed by atoms with Gasteiger partial charge < -0.3 is 14.5 Å². The largest absolute Gasteiger partial charge is 0.486 e. The molecule has 2 heterocycles. The lowest BCUT2D eigenvalue weighted by atomic mass is 10.1. The van der Waals surface area contributed by atoms with Crippen molar-refractivity contribution in [3.63, 3.8) is 0 Å². The van der Waals surface area contributed by atoms with Crippen molar-refractivity contribution in [2.45, 2.75) is 18.3 Å². The van der Waals surface area contributed by atoms with Crippen molar-refractivity contribution < 1.29 is 27.5 Å². The van der Waals surface area contributed by atoms with E-state index in [0.717, 1.165) is 12.1 Å². The fourth-order valence-corrected chi connectivity index (χ4v) is 3.65. The fourth-order valence-electron chi connectivity index (χ4n) is 3.65. The lowest BCUT2D eigenvalue weighted by Gasteiger charge is -2.25. The summed E-state index contributed by atoms with van der Waals surface area (Å²) < 4.78 is 44.9. The molecule has 2 amide bonds. The van der Waals surface area contributed by atoms with E-state index in [9.17, 15) is 22.8 Å². The average molecular weight is 390 g/mol. The first-order valence-electron chi connectivity index (χ1n) is 8.75. The summed E-state index contributed by atoms with van der Waals surface area (Å²) >= 11 is 0. The maximum atomic E-state index is 13.0. The van der Waals surface area contributed by atoms with E-state index in [1.165, 1.54) is 18.0 Å². The number of fused-ring (bicyclic) bond motifs is 2. The molecular weight excluding hydrogens is 373 g/mol. The van der Waals surface area contributed by atoms with E-state index < -0.39 is 29.8 Å². The van der Waals surface area contributed by atoms with Crippen LogP contribution in [-0.4, -0.2) is 53.9 Å². The zero-order chi connectivity index (χ0) is 20.1. The second-order valence-corrected chi connectivity index (χ2v) is 6.92. The van der Waals surface area contributed by atoms with Crippen LogP contribution in [0.25, 0.3) is 0 Å². The number of likely N-dealkylation sites (tertiary alicyclic amines) is 1. The summed E-state index contributed by atoms with van der Waals surface area (Å²) in [4.78, 5) is 28.5. The molecule has 5 nitrogen and oxygen atoms in total. The van der Waals surface area contributed by atoms with E-state index in [1.54, 1.807) is 29.2 Å². The number of carbonyl (C=O) groups is 2. The van der Waals surface area contributed by atoms with Gasteiger partial charge in [0.1, 0.15) is 11.9 Å². The second kappa shape index (κ2) is 6.54. The summed E-state index contributed by atoms with van der Waals surface area (Å²) in [5.74, 6) is -0.625. The standard InChI is InChI=1S/C20H17F3N2O3/c1-24-15-10-25(18(26)12-5-3-2-4-6-12)11-17(15)28-16-8-7-13(20(21,22)23)9-14(16)19(24)27/h2-9,15,17H,10-11H2,1H3/t15-,17+/m1/s1. The molecule has 2 aliphatic rings. The molecule has 0 bridgehead atoms. The Balaban J connectivity index is 1.62. The number of rotatable bonds is 1. The molecule has 1 fully saturated rings. The van der Waals surface area contributed by atoms with Gasteiger partial charge in [-0.2, -0.15) is 13.2 Å². The lowest BCUT2D eigenvalue weighted by molar-refractivity contribution is -0.137. The molecule has 0 spiro atoms. The first-order valence-corrected chi connectivity index (χ1v) is 8.75. The van der Waals surface area contributed by atoms with Gasteiger partial charge >= 0.3 is 6.18 Å². The van der Waals surface area contributed by atoms with Crippen LogP contribution in [0.5, 0.6) is 5.75 Å². The molecule has 2 aromatic carbocycles. The van der Waals surface area contributed by atoms with Crippen LogP contribution in [0.3, 0.4) is 0 Å². The van der Waals surface area contributed by atoms with Gasteiger partial charge in [0.15, 0.2) is 0 Å². The Labute approximate surface area is 159 Å². The molecule has 0 radical (unpaired) electrons. The van der Waals surface area contributed by atoms with E-state index in [0.29, 0.717) is 5.56 Å². The number of carbonyl (C=O) groups excluding carboxylic acids is 2. The summed E-state index contributed by atoms with van der Waals surface area (Å²) in [6.07, 6.45) is -5.06. The van der Waals surface area contributed by atoms with Gasteiger partial charge in [0.2, 0.25) is 0 Å². The molecule has 0 aliphatic carbocycles. The van der Waals surface area contributed by atoms with Crippen LogP contribution < -0.4 is 4.74 Å². The third kappa shape index (κ3) is 3.08. The van der Waals surface area contributed by atoms with E-state index in [4.69, 9.17) is 4.74 Å². The van der Waals surface area contributed by atoms with Gasteiger partial charge in [0.05, 0.1) is 23.7 Å². The second-order valence-electron chi connectivity index (χ2n) is 6.92. The number of alkyl halides is 3. The Hall–Kier alpha value is -3.03. The van der Waals surface area contributed by atoms with Gasteiger partial charge in [-0.25, -0.2) is 0 Å². The maximum absolute atomic E-state index is 13.0. The SMILES string of the molecule is CN1C(=O)c2cc(C(F)(F)F)ccc2O[C@H]2CN(C(=O)c3ccccc3)C[C@H]21. The quantitative estimate of drug-likeness (QED) is 0.752. The molecule has 2 aliphatic heterocycles. The average Bonchev–Trinajstić information content (AvgIpc) is 3.06. The molecule has 1 saturated heterocycles. The predicted molar refractivity (Wildman–Crippen MR) is 94.1 cm³/mol. The monoisotopic (exact) mass is 390 g/mol. The number of benzene rings is 2. The van der Waals surface area contributed by atoms with Crippen LogP contribution in [0.1, 0.15) is 26.3 Å². The van der Waals surface area contributed by atoms with Crippen molar-refractivity contribution in [3.8, 4) is 5.75 Å². The number of hydrogen-bond acceptors (Lipinski definition) is 3. The third-order valence-electron chi connectivity index (χ3n) is 5.18. The summed E-state index contributed by atoms with van der Waals surface area (Å²) in [7, 11) is 1.52. The van der Waals surface area contributed by atoms with Crippen molar-refractivity contribution in [1.29, 1.82) is 0 Å². The van der Waals surface area contributed by atoms with E-state index in [2.05, 4.69) is 0 Å². The lowest BCUT2D eigenvalue weighted by Crippen LogP contribution is -2.44. The van der Waals surface area contributed by atoms with Gasteiger partial charge in [-0.1, -0.05) is 18.2 Å². The highest BCUT2D eigenvalue weighted by Gasteiger charge is 2.44. The summed E-state index contributed by atoms with van der Waals surface area (Å²) in [5, 5.41) is 0. The molecule has 8 heteroatoms. The minimum atomic E-state index is -4.55. The number of hydrogen-bond donors (Lipinski definition) is 0. The number of amides is 2. The first kappa shape index (κ1) is 18.3. The van der Waals surface area contributed by atoms with Gasteiger partial charge in [-0.05, 0) is 30.3 Å². The number of ether oxygens (including phenoxy) is 1. The minimum Gasteiger partial charge on any atom is -0.486 e. The number of nitrogens with zero attached hydrogens (tertiary/aromatic N) is 2. The fraction of sp³-hybridized carbons (Fsp3) is 0.300. The Bertz CT molecular complexity index is 930. The van der Waals surface area contributed by atoms with Gasteiger partial charge in [-0.15, -0.1) is 0 Å². The van der Waals surface area contributed by atoms with E-state index in [1.807, 2.05) is 6.07 Å². The maximum Gasteiger partial charge on any atom is 0.416 e. The van der Waals surface area contributed by atoms with E-state index in [-0.39, 0.29) is 30.3 Å². The Kier molecular flexibility index (Phi) is 4.28. The van der Waals surface area contributed by atoms with Crippen molar-refractivity contribution >= 4 is 11.8 Å². The van der Waals surface area contributed by atoms with Crippen LogP contribution in [0.2, 0.25) is 0 Å². The van der Waals surface area contributed by atoms with Crippen LogP contribution in [0.4, 0.5) is 13.2 Å². The first-order chi connectivity index (χ1) is 13.3. The van der Waals surface area contributed by atoms with E-state index >= 15 is 0 Å². The number of likely N-dealkylation sites (N-methyl/N-ethyl adjacent to an activating group) is 1. The van der Waals surface area contributed by atoms with Gasteiger partial charge in [-0.3, -0.25) is 9.59 Å². The highest BCUT2D eigenvalue weighted by Crippen LogP contribution is 2.36. The predicted octanol–water partition coefficient (Wildman–Crippen LogP) is 3.06. The summed E-state index contributed by atoms with van der Waals surface area (Å²) in [6, 6.07) is 11.2. The zero-order valence-electron chi connectivity index (χ0n) is 14.9. The number of halogens is 3. The third-order valence-corrected chi connectivity index (χ3v) is 5.18. The van der Waals surface area contributed by atoms with Crippen molar-refractivity contribution in [3.05, 3.63) is 65.2 Å². The van der Waals surface area contributed by atoms with Crippen molar-refractivity contribution in [1.82, 2.24) is 9.80 Å². The normalized spacial score (nSPS) is 21.6. The Morgan fingerprint density at radius 2 is 1.82 bits per heavy atom. The summed E-state index contributed by atoms with van der Waals surface area (Å²) in [6.45, 7) is 0.497. The topological polar surface area (TPSA) is 49.9 Å². The molecule has 4 rings (SSSR count). The molecule has 0 unspecified atom stereocenters. The Morgan fingerprint density at radius 1 is 1.11 bits per heavy atom. The van der Waals surface area contributed by atoms with Gasteiger partial charge in [0.25, 0.3) is 11.8 Å². The molecule has 28 heavy (non-hydrogen) atoms. The minimum absolute atomic E-state index is 0.103. The van der Waals surface area contributed by atoms with Crippen molar-refractivity contribution in [2.75, 3.05) is 20.1 Å². The molecule has 2 aromatic rings. The smallest absolute Gasteiger partial charge is 0.416 e. The van der Waals surface area contributed by atoms with Crippen molar-refractivity contribution in [2.24, 2.45) is 0 Å². The zero-order valence-corrected chi connectivity index (χ0v) is 14.9. The van der Waals surface area contributed by atoms with Crippen LogP contribution in [0, 0.1) is 0 Å². The molecular formula is C20H17F3N2O3. The Morgan fingerprint density at radius 3 is 2.50 bits per heavy atom. The highest BCUT2D eigenvalue weighted by molar-refractivity contribution is 5.98. The van der Waals surface area contributed by atoms with Crippen LogP contribution in [-0.2, 0) is 6.18 Å². The molecule has 0 N–H and O–H groups in total. The van der Waals surface area contributed by atoms with Crippen LogP contribution in [0.15, 0.2) is 48.5 Å². The molecule has 2 atom stereocenters. The summed E-state index contributed by atoms with van der Waals surface area (Å²) in [5.41, 5.74) is -0.486. The molecule has 0 aromatic heterocycles. The highest BCUT2D eigenvalue weighted by atomic mass is 19.4. The van der Waals surface area contributed by atoms with Gasteiger partial charge in [0, 0.05) is 19.2 Å². The van der Waals surface area contributed by atoms with Crippen LogP contribution >= 0.6 is 0 Å².